The van der Waals surface area contributed by atoms with E-state index in [1.54, 1.807) is 6.20 Å². The highest BCUT2D eigenvalue weighted by Crippen LogP contribution is 2.22. The molecule has 9 heteroatoms. The van der Waals surface area contributed by atoms with Crippen molar-refractivity contribution in [2.24, 2.45) is 0 Å². The van der Waals surface area contributed by atoms with Crippen molar-refractivity contribution in [2.75, 3.05) is 39.3 Å². The number of aromatic nitrogens is 2. The Morgan fingerprint density at radius 3 is 2.43 bits per heavy atom. The Balaban J connectivity index is 1.35. The molecule has 0 bridgehead atoms. The first-order valence-corrected chi connectivity index (χ1v) is 9.20. The fraction of sp³-hybridized carbons (Fsp3) is 0.474. The second-order valence-electron chi connectivity index (χ2n) is 6.68. The molecular weight excluding hydrogens is 373 g/mol. The van der Waals surface area contributed by atoms with Crippen LogP contribution in [0.2, 0.25) is 0 Å². The summed E-state index contributed by atoms with van der Waals surface area (Å²) < 4.78 is 42.4. The average molecular weight is 396 g/mol. The zero-order valence-electron chi connectivity index (χ0n) is 15.4. The van der Waals surface area contributed by atoms with Crippen molar-refractivity contribution in [3.8, 4) is 17.0 Å². The molecule has 28 heavy (non-hydrogen) atoms. The van der Waals surface area contributed by atoms with Gasteiger partial charge in [-0.05, 0) is 35.9 Å². The Hall–Kier alpha value is -2.55. The molecule has 0 radical (unpaired) electrons. The zero-order valence-corrected chi connectivity index (χ0v) is 15.4. The van der Waals surface area contributed by atoms with Crippen LogP contribution in [0, 0.1) is 0 Å². The lowest BCUT2D eigenvalue weighted by atomic mass is 10.1. The van der Waals surface area contributed by atoms with Gasteiger partial charge in [0.2, 0.25) is 5.91 Å². The van der Waals surface area contributed by atoms with Crippen LogP contribution in [0.5, 0.6) is 5.75 Å². The first kappa shape index (κ1) is 20.2. The van der Waals surface area contributed by atoms with Gasteiger partial charge in [-0.25, -0.2) is 0 Å². The van der Waals surface area contributed by atoms with E-state index in [4.69, 9.17) is 4.74 Å². The van der Waals surface area contributed by atoms with Crippen molar-refractivity contribution in [3.63, 3.8) is 0 Å². The molecule has 0 aliphatic carbocycles. The Morgan fingerprint density at radius 1 is 1.11 bits per heavy atom. The van der Waals surface area contributed by atoms with E-state index in [1.807, 2.05) is 30.3 Å². The standard InChI is InChI=1S/C19H23F3N4O2/c20-19(21,22)7-5-18(27)26-11-9-25(10-12-26)13-14-28-16-3-1-15(2-4-16)17-6-8-23-24-17/h1-4,6,8H,5,7,9-14H2,(H,23,24). The van der Waals surface area contributed by atoms with Gasteiger partial charge in [0.15, 0.2) is 0 Å². The number of carbonyl (C=O) groups excluding carboxylic acids is 1. The number of nitrogens with zero attached hydrogens (tertiary/aromatic N) is 3. The number of halogens is 3. The number of nitrogens with one attached hydrogen (secondary N) is 1. The van der Waals surface area contributed by atoms with E-state index in [-0.39, 0.29) is 0 Å². The van der Waals surface area contributed by atoms with Crippen molar-refractivity contribution in [3.05, 3.63) is 36.5 Å². The van der Waals surface area contributed by atoms with Gasteiger partial charge in [-0.15, -0.1) is 0 Å². The first-order chi connectivity index (χ1) is 13.4. The number of carbonyl (C=O) groups is 1. The number of benzene rings is 1. The summed E-state index contributed by atoms with van der Waals surface area (Å²) in [7, 11) is 0. The third-order valence-corrected chi connectivity index (χ3v) is 4.69. The summed E-state index contributed by atoms with van der Waals surface area (Å²) in [6.07, 6.45) is -4.12. The average Bonchev–Trinajstić information content (AvgIpc) is 3.21. The molecule has 3 rings (SSSR count). The first-order valence-electron chi connectivity index (χ1n) is 9.20. The molecule has 1 fully saturated rings. The SMILES string of the molecule is O=C(CCC(F)(F)F)N1CCN(CCOc2ccc(-c3ccn[nH]3)cc2)CC1. The van der Waals surface area contributed by atoms with E-state index >= 15 is 0 Å². The minimum atomic E-state index is -4.29. The van der Waals surface area contributed by atoms with E-state index in [0.717, 1.165) is 17.0 Å². The molecule has 1 aliphatic rings. The van der Waals surface area contributed by atoms with Crippen molar-refractivity contribution in [1.82, 2.24) is 20.0 Å². The second-order valence-corrected chi connectivity index (χ2v) is 6.68. The lowest BCUT2D eigenvalue weighted by Gasteiger charge is -2.34. The van der Waals surface area contributed by atoms with Crippen LogP contribution in [-0.2, 0) is 4.79 Å². The third-order valence-electron chi connectivity index (χ3n) is 4.69. The van der Waals surface area contributed by atoms with Crippen molar-refractivity contribution >= 4 is 5.91 Å². The molecule has 6 nitrogen and oxygen atoms in total. The summed E-state index contributed by atoms with van der Waals surface area (Å²) in [6.45, 7) is 3.39. The van der Waals surface area contributed by atoms with Gasteiger partial charge in [-0.2, -0.15) is 18.3 Å². The number of rotatable bonds is 7. The number of hydrogen-bond acceptors (Lipinski definition) is 4. The van der Waals surface area contributed by atoms with Crippen LogP contribution < -0.4 is 4.74 Å². The summed E-state index contributed by atoms with van der Waals surface area (Å²) in [6, 6.07) is 9.59. The molecule has 0 saturated carbocycles. The number of alkyl halides is 3. The highest BCUT2D eigenvalue weighted by atomic mass is 19.4. The smallest absolute Gasteiger partial charge is 0.389 e. The molecule has 1 amide bonds. The number of H-pyrrole nitrogens is 1. The highest BCUT2D eigenvalue weighted by molar-refractivity contribution is 5.76. The molecule has 2 aromatic rings. The fourth-order valence-electron chi connectivity index (χ4n) is 3.07. The molecule has 1 saturated heterocycles. The van der Waals surface area contributed by atoms with Crippen molar-refractivity contribution in [1.29, 1.82) is 0 Å². The van der Waals surface area contributed by atoms with Crippen LogP contribution in [-0.4, -0.2) is 71.4 Å². The van der Waals surface area contributed by atoms with E-state index in [2.05, 4.69) is 15.1 Å². The molecule has 1 N–H and O–H groups in total. The number of ether oxygens (including phenoxy) is 1. The molecule has 0 unspecified atom stereocenters. The monoisotopic (exact) mass is 396 g/mol. The van der Waals surface area contributed by atoms with Gasteiger partial charge in [-0.1, -0.05) is 0 Å². The minimum Gasteiger partial charge on any atom is -0.492 e. The molecule has 152 valence electrons. The third kappa shape index (κ3) is 5.98. The Labute approximate surface area is 161 Å². The van der Waals surface area contributed by atoms with E-state index in [9.17, 15) is 18.0 Å². The van der Waals surface area contributed by atoms with E-state index in [1.165, 1.54) is 4.90 Å². The lowest BCUT2D eigenvalue weighted by molar-refractivity contribution is -0.150. The summed E-state index contributed by atoms with van der Waals surface area (Å²) in [4.78, 5) is 15.5. The largest absolute Gasteiger partial charge is 0.492 e. The van der Waals surface area contributed by atoms with Gasteiger partial charge in [0.25, 0.3) is 0 Å². The lowest BCUT2D eigenvalue weighted by Crippen LogP contribution is -2.49. The van der Waals surface area contributed by atoms with Gasteiger partial charge in [0.05, 0.1) is 12.1 Å². The van der Waals surface area contributed by atoms with Crippen molar-refractivity contribution in [2.45, 2.75) is 19.0 Å². The van der Waals surface area contributed by atoms with E-state index < -0.39 is 24.9 Å². The number of hydrogen-bond donors (Lipinski definition) is 1. The predicted octanol–water partition coefficient (Wildman–Crippen LogP) is 2.94. The quantitative estimate of drug-likeness (QED) is 0.782. The molecule has 0 atom stereocenters. The van der Waals surface area contributed by atoms with Crippen LogP contribution >= 0.6 is 0 Å². The Kier molecular flexibility index (Phi) is 6.56. The molecular formula is C19H23F3N4O2. The Morgan fingerprint density at radius 2 is 1.82 bits per heavy atom. The molecule has 1 aromatic heterocycles. The van der Waals surface area contributed by atoms with Gasteiger partial charge in [0.1, 0.15) is 12.4 Å². The molecule has 2 heterocycles. The number of piperazine rings is 1. The van der Waals surface area contributed by atoms with Gasteiger partial charge >= 0.3 is 6.18 Å². The summed E-state index contributed by atoms with van der Waals surface area (Å²) >= 11 is 0. The summed E-state index contributed by atoms with van der Waals surface area (Å²) in [5.74, 6) is 0.342. The highest BCUT2D eigenvalue weighted by Gasteiger charge is 2.30. The van der Waals surface area contributed by atoms with Gasteiger partial charge in [0, 0.05) is 45.3 Å². The minimum absolute atomic E-state index is 0.425. The number of aromatic amines is 1. The van der Waals surface area contributed by atoms with E-state index in [0.29, 0.717) is 39.3 Å². The Bertz CT molecular complexity index is 740. The molecule has 1 aromatic carbocycles. The maximum Gasteiger partial charge on any atom is 0.389 e. The van der Waals surface area contributed by atoms with Crippen LogP contribution in [0.25, 0.3) is 11.3 Å². The topological polar surface area (TPSA) is 61.5 Å². The van der Waals surface area contributed by atoms with Crippen molar-refractivity contribution < 1.29 is 22.7 Å². The predicted molar refractivity (Wildman–Crippen MR) is 97.8 cm³/mol. The fourth-order valence-corrected chi connectivity index (χ4v) is 3.07. The number of amides is 1. The van der Waals surface area contributed by atoms with Crippen LogP contribution in [0.3, 0.4) is 0 Å². The maximum atomic E-state index is 12.2. The van der Waals surface area contributed by atoms with Gasteiger partial charge in [-0.3, -0.25) is 14.8 Å². The second kappa shape index (κ2) is 9.09. The zero-order chi connectivity index (χ0) is 20.0. The summed E-state index contributed by atoms with van der Waals surface area (Å²) in [5, 5.41) is 6.83. The van der Waals surface area contributed by atoms with Gasteiger partial charge < -0.3 is 9.64 Å². The molecule has 0 spiro atoms. The summed E-state index contributed by atoms with van der Waals surface area (Å²) in [5.41, 5.74) is 1.96. The van der Waals surface area contributed by atoms with Crippen LogP contribution in [0.15, 0.2) is 36.5 Å². The normalized spacial score (nSPS) is 15.6. The van der Waals surface area contributed by atoms with Crippen LogP contribution in [0.1, 0.15) is 12.8 Å². The van der Waals surface area contributed by atoms with Crippen LogP contribution in [0.4, 0.5) is 13.2 Å². The molecule has 1 aliphatic heterocycles. The maximum absolute atomic E-state index is 12.2.